The summed E-state index contributed by atoms with van der Waals surface area (Å²) >= 11 is 0. The summed E-state index contributed by atoms with van der Waals surface area (Å²) in [7, 11) is 1.46. The Hall–Kier alpha value is -3.10. The van der Waals surface area contributed by atoms with E-state index in [9.17, 15) is 19.2 Å². The van der Waals surface area contributed by atoms with Crippen LogP contribution in [0.25, 0.3) is 0 Å². The zero-order valence-electron chi connectivity index (χ0n) is 15.0. The molecular weight excluding hydrogens is 340 g/mol. The van der Waals surface area contributed by atoms with E-state index in [2.05, 4.69) is 10.6 Å². The Bertz CT molecular complexity index is 645. The number of carbonyl (C=O) groups excluding carboxylic acids is 4. The second-order valence-electron chi connectivity index (χ2n) is 6.00. The Morgan fingerprint density at radius 1 is 1.23 bits per heavy atom. The molecule has 0 aromatic heterocycles. The molecule has 1 atom stereocenters. The summed E-state index contributed by atoms with van der Waals surface area (Å²) in [6.45, 7) is 3.47. The first-order valence-corrected chi connectivity index (χ1v) is 8.01. The minimum atomic E-state index is -0.750. The molecule has 0 saturated heterocycles. The average Bonchev–Trinajstić information content (AvgIpc) is 2.58. The van der Waals surface area contributed by atoms with Crippen molar-refractivity contribution < 1.29 is 23.9 Å². The summed E-state index contributed by atoms with van der Waals surface area (Å²) in [5.41, 5.74) is 6.57. The first kappa shape index (κ1) is 20.9. The number of benzene rings is 1. The Labute approximate surface area is 151 Å². The number of rotatable bonds is 9. The number of carbonyl (C=O) groups is 4. The standard InChI is InChI=1S/C17H24N4O5/c1-11(2)15(16(18)24)21(3)17(25)26-9-12-4-6-13(7-5-12)20-14(23)8-19-10-22/h4-7,10-11,15H,8-9H2,1-3H3,(H2,18,24)(H,19,22)(H,20,23). The van der Waals surface area contributed by atoms with Gasteiger partial charge in [0, 0.05) is 12.7 Å². The molecule has 0 spiro atoms. The van der Waals surface area contributed by atoms with Crippen molar-refractivity contribution >= 4 is 30.0 Å². The third-order valence-electron chi connectivity index (χ3n) is 3.57. The van der Waals surface area contributed by atoms with E-state index in [1.165, 1.54) is 11.9 Å². The smallest absolute Gasteiger partial charge is 0.410 e. The van der Waals surface area contributed by atoms with Gasteiger partial charge in [0.25, 0.3) is 0 Å². The van der Waals surface area contributed by atoms with Crippen molar-refractivity contribution in [3.8, 4) is 0 Å². The van der Waals surface area contributed by atoms with Gasteiger partial charge in [-0.2, -0.15) is 0 Å². The van der Waals surface area contributed by atoms with Gasteiger partial charge in [0.05, 0.1) is 6.54 Å². The molecule has 1 rings (SSSR count). The lowest BCUT2D eigenvalue weighted by atomic mass is 10.0. The Morgan fingerprint density at radius 3 is 2.35 bits per heavy atom. The zero-order chi connectivity index (χ0) is 19.7. The fourth-order valence-corrected chi connectivity index (χ4v) is 2.35. The molecule has 4 N–H and O–H groups in total. The topological polar surface area (TPSA) is 131 Å². The maximum atomic E-state index is 12.1. The molecule has 9 nitrogen and oxygen atoms in total. The Morgan fingerprint density at radius 2 is 1.85 bits per heavy atom. The van der Waals surface area contributed by atoms with Crippen molar-refractivity contribution in [2.75, 3.05) is 18.9 Å². The van der Waals surface area contributed by atoms with Crippen molar-refractivity contribution in [1.82, 2.24) is 10.2 Å². The van der Waals surface area contributed by atoms with Gasteiger partial charge in [-0.1, -0.05) is 26.0 Å². The van der Waals surface area contributed by atoms with Crippen LogP contribution >= 0.6 is 0 Å². The number of primary amides is 1. The largest absolute Gasteiger partial charge is 0.445 e. The van der Waals surface area contributed by atoms with Crippen LogP contribution < -0.4 is 16.4 Å². The van der Waals surface area contributed by atoms with Crippen molar-refractivity contribution in [2.24, 2.45) is 11.7 Å². The lowest BCUT2D eigenvalue weighted by Gasteiger charge is -2.27. The van der Waals surface area contributed by atoms with Crippen molar-refractivity contribution in [2.45, 2.75) is 26.5 Å². The number of nitrogens with one attached hydrogen (secondary N) is 2. The molecule has 0 aliphatic carbocycles. The summed E-state index contributed by atoms with van der Waals surface area (Å²) in [5, 5.41) is 4.86. The predicted octanol–water partition coefficient (Wildman–Crippen LogP) is 0.449. The lowest BCUT2D eigenvalue weighted by molar-refractivity contribution is -0.123. The Kier molecular flexibility index (Phi) is 8.07. The number of hydrogen-bond donors (Lipinski definition) is 3. The molecule has 0 saturated carbocycles. The number of nitrogens with zero attached hydrogens (tertiary/aromatic N) is 1. The third-order valence-corrected chi connectivity index (χ3v) is 3.57. The van der Waals surface area contributed by atoms with Crippen LogP contribution in [0.15, 0.2) is 24.3 Å². The first-order chi connectivity index (χ1) is 12.3. The molecule has 0 radical (unpaired) electrons. The van der Waals surface area contributed by atoms with Crippen LogP contribution in [0.5, 0.6) is 0 Å². The fraction of sp³-hybridized carbons (Fsp3) is 0.412. The summed E-state index contributed by atoms with van der Waals surface area (Å²) < 4.78 is 5.19. The molecule has 1 unspecified atom stereocenters. The van der Waals surface area contributed by atoms with E-state index in [0.29, 0.717) is 17.7 Å². The van der Waals surface area contributed by atoms with Crippen LogP contribution in [0.3, 0.4) is 0 Å². The quantitative estimate of drug-likeness (QED) is 0.548. The molecule has 1 aromatic carbocycles. The summed E-state index contributed by atoms with van der Waals surface area (Å²) in [6, 6.07) is 5.91. The van der Waals surface area contributed by atoms with Crippen LogP contribution in [0.4, 0.5) is 10.5 Å². The molecule has 0 heterocycles. The van der Waals surface area contributed by atoms with Crippen LogP contribution in [-0.2, 0) is 25.7 Å². The van der Waals surface area contributed by atoms with Gasteiger partial charge in [-0.25, -0.2) is 4.79 Å². The summed E-state index contributed by atoms with van der Waals surface area (Å²) in [4.78, 5) is 46.3. The van der Waals surface area contributed by atoms with E-state index >= 15 is 0 Å². The average molecular weight is 364 g/mol. The lowest BCUT2D eigenvalue weighted by Crippen LogP contribution is -2.48. The molecule has 142 valence electrons. The molecule has 4 amide bonds. The second kappa shape index (κ2) is 10.0. The minimum absolute atomic E-state index is 0.00761. The van der Waals surface area contributed by atoms with E-state index in [1.807, 2.05) is 0 Å². The number of ether oxygens (including phenoxy) is 1. The minimum Gasteiger partial charge on any atom is -0.445 e. The van der Waals surface area contributed by atoms with Crippen molar-refractivity contribution in [3.05, 3.63) is 29.8 Å². The van der Waals surface area contributed by atoms with Gasteiger partial charge >= 0.3 is 6.09 Å². The van der Waals surface area contributed by atoms with E-state index in [1.54, 1.807) is 38.1 Å². The molecule has 0 aliphatic rings. The number of amides is 4. The summed E-state index contributed by atoms with van der Waals surface area (Å²) in [6.07, 6.45) is -0.212. The molecule has 0 fully saturated rings. The summed E-state index contributed by atoms with van der Waals surface area (Å²) in [5.74, 6) is -1.09. The normalized spacial score (nSPS) is 11.4. The zero-order valence-corrected chi connectivity index (χ0v) is 15.0. The van der Waals surface area contributed by atoms with Crippen LogP contribution in [0, 0.1) is 5.92 Å². The van der Waals surface area contributed by atoms with Crippen molar-refractivity contribution in [1.29, 1.82) is 0 Å². The van der Waals surface area contributed by atoms with Gasteiger partial charge in [-0.15, -0.1) is 0 Å². The van der Waals surface area contributed by atoms with Crippen LogP contribution in [0.1, 0.15) is 19.4 Å². The van der Waals surface area contributed by atoms with Gasteiger partial charge in [0.2, 0.25) is 18.2 Å². The maximum Gasteiger partial charge on any atom is 0.410 e. The van der Waals surface area contributed by atoms with Gasteiger partial charge in [-0.3, -0.25) is 19.3 Å². The highest BCUT2D eigenvalue weighted by molar-refractivity contribution is 5.93. The SMILES string of the molecule is CC(C)C(C(N)=O)N(C)C(=O)OCc1ccc(NC(=O)CNC=O)cc1. The molecule has 1 aromatic rings. The van der Waals surface area contributed by atoms with E-state index in [4.69, 9.17) is 10.5 Å². The molecule has 0 bridgehead atoms. The van der Waals surface area contributed by atoms with Gasteiger partial charge in [0.1, 0.15) is 12.6 Å². The van der Waals surface area contributed by atoms with E-state index < -0.39 is 18.0 Å². The second-order valence-corrected chi connectivity index (χ2v) is 6.00. The Balaban J connectivity index is 2.57. The fourth-order valence-electron chi connectivity index (χ4n) is 2.35. The number of anilines is 1. The molecular formula is C17H24N4O5. The predicted molar refractivity (Wildman–Crippen MR) is 94.9 cm³/mol. The third kappa shape index (κ3) is 6.42. The number of hydrogen-bond acceptors (Lipinski definition) is 5. The highest BCUT2D eigenvalue weighted by Crippen LogP contribution is 2.13. The van der Waals surface area contributed by atoms with Crippen LogP contribution in [-0.4, -0.2) is 48.9 Å². The van der Waals surface area contributed by atoms with E-state index in [-0.39, 0.29) is 25.0 Å². The monoisotopic (exact) mass is 364 g/mol. The van der Waals surface area contributed by atoms with Gasteiger partial charge in [0.15, 0.2) is 0 Å². The van der Waals surface area contributed by atoms with Gasteiger partial charge < -0.3 is 21.1 Å². The molecule has 0 aliphatic heterocycles. The number of nitrogens with two attached hydrogens (primary N) is 1. The van der Waals surface area contributed by atoms with E-state index in [0.717, 1.165) is 0 Å². The molecule has 26 heavy (non-hydrogen) atoms. The highest BCUT2D eigenvalue weighted by atomic mass is 16.6. The first-order valence-electron chi connectivity index (χ1n) is 8.01. The van der Waals surface area contributed by atoms with Crippen LogP contribution in [0.2, 0.25) is 0 Å². The number of likely N-dealkylation sites (N-methyl/N-ethyl adjacent to an activating group) is 1. The molecule has 9 heteroatoms. The highest BCUT2D eigenvalue weighted by Gasteiger charge is 2.28. The van der Waals surface area contributed by atoms with Gasteiger partial charge in [-0.05, 0) is 23.6 Å². The van der Waals surface area contributed by atoms with Crippen molar-refractivity contribution in [3.63, 3.8) is 0 Å². The maximum absolute atomic E-state index is 12.1.